The van der Waals surface area contributed by atoms with Gasteiger partial charge < -0.3 is 14.2 Å². The van der Waals surface area contributed by atoms with E-state index in [1.165, 1.54) is 0 Å². The third-order valence-corrected chi connectivity index (χ3v) is 3.98. The lowest BCUT2D eigenvalue weighted by molar-refractivity contribution is -0.130. The van der Waals surface area contributed by atoms with Crippen molar-refractivity contribution in [1.82, 2.24) is 5.43 Å². The van der Waals surface area contributed by atoms with Crippen molar-refractivity contribution in [2.24, 2.45) is 5.10 Å². The highest BCUT2D eigenvalue weighted by Crippen LogP contribution is 2.30. The number of carbonyl (C=O) groups is 1. The predicted octanol–water partition coefficient (Wildman–Crippen LogP) is 2.75. The van der Waals surface area contributed by atoms with Crippen LogP contribution in [0.15, 0.2) is 52.0 Å². The number of ether oxygens (including phenoxy) is 3. The van der Waals surface area contributed by atoms with Gasteiger partial charge in [-0.05, 0) is 51.8 Å². The topological polar surface area (TPSA) is 69.2 Å². The number of nitrogens with one attached hydrogen (secondary N) is 1. The SMILES string of the molecule is COc1ccc(C=NNC(=O)C2COc3ccccc3O2)cc1Br. The zero-order valence-corrected chi connectivity index (χ0v) is 14.4. The summed E-state index contributed by atoms with van der Waals surface area (Å²) in [5.41, 5.74) is 3.27. The Morgan fingerprint density at radius 2 is 2.12 bits per heavy atom. The number of hydrazone groups is 1. The number of hydrogen-bond donors (Lipinski definition) is 1. The molecule has 1 aliphatic heterocycles. The van der Waals surface area contributed by atoms with Gasteiger partial charge in [-0.2, -0.15) is 5.10 Å². The smallest absolute Gasteiger partial charge is 0.284 e. The lowest BCUT2D eigenvalue weighted by Crippen LogP contribution is -2.42. The Kier molecular flexibility index (Phi) is 5.00. The molecule has 0 radical (unpaired) electrons. The maximum absolute atomic E-state index is 12.1. The molecule has 0 saturated carbocycles. The van der Waals surface area contributed by atoms with E-state index in [0.29, 0.717) is 11.5 Å². The number of methoxy groups -OCH3 is 1. The Bertz CT molecular complexity index is 779. The number of fused-ring (bicyclic) bond motifs is 1. The van der Waals surface area contributed by atoms with Crippen molar-refractivity contribution in [1.29, 1.82) is 0 Å². The van der Waals surface area contributed by atoms with Gasteiger partial charge in [0.1, 0.15) is 12.4 Å². The highest BCUT2D eigenvalue weighted by atomic mass is 79.9. The van der Waals surface area contributed by atoms with E-state index in [1.54, 1.807) is 25.5 Å². The summed E-state index contributed by atoms with van der Waals surface area (Å²) in [6.45, 7) is 0.145. The van der Waals surface area contributed by atoms with Crippen LogP contribution in [0.3, 0.4) is 0 Å². The Morgan fingerprint density at radius 3 is 2.88 bits per heavy atom. The summed E-state index contributed by atoms with van der Waals surface area (Å²) in [4.78, 5) is 12.1. The number of nitrogens with zero attached hydrogens (tertiary/aromatic N) is 1. The van der Waals surface area contributed by atoms with Crippen molar-refractivity contribution in [3.8, 4) is 17.2 Å². The number of rotatable bonds is 4. The van der Waals surface area contributed by atoms with Crippen molar-refractivity contribution in [2.75, 3.05) is 13.7 Å². The second-order valence-corrected chi connectivity index (χ2v) is 5.85. The summed E-state index contributed by atoms with van der Waals surface area (Å²) < 4.78 is 17.1. The van der Waals surface area contributed by atoms with E-state index in [2.05, 4.69) is 26.5 Å². The zero-order valence-electron chi connectivity index (χ0n) is 12.9. The largest absolute Gasteiger partial charge is 0.496 e. The first kappa shape index (κ1) is 16.3. The van der Waals surface area contributed by atoms with Gasteiger partial charge in [-0.25, -0.2) is 5.43 Å². The van der Waals surface area contributed by atoms with Crippen LogP contribution in [0.1, 0.15) is 5.56 Å². The molecule has 1 aliphatic rings. The molecule has 6 nitrogen and oxygen atoms in total. The van der Waals surface area contributed by atoms with Gasteiger partial charge in [0.05, 0.1) is 17.8 Å². The number of halogens is 1. The van der Waals surface area contributed by atoms with Gasteiger partial charge in [-0.1, -0.05) is 12.1 Å². The van der Waals surface area contributed by atoms with Crippen molar-refractivity contribution in [3.05, 3.63) is 52.5 Å². The number of carbonyl (C=O) groups excluding carboxylic acids is 1. The van der Waals surface area contributed by atoms with Crippen molar-refractivity contribution < 1.29 is 19.0 Å². The van der Waals surface area contributed by atoms with Crippen LogP contribution >= 0.6 is 15.9 Å². The minimum atomic E-state index is -0.736. The molecule has 1 amide bonds. The molecule has 1 unspecified atom stereocenters. The molecule has 1 heterocycles. The Morgan fingerprint density at radius 1 is 1.33 bits per heavy atom. The van der Waals surface area contributed by atoms with Crippen LogP contribution in [0, 0.1) is 0 Å². The fourth-order valence-electron chi connectivity index (χ4n) is 2.15. The third-order valence-electron chi connectivity index (χ3n) is 3.37. The van der Waals surface area contributed by atoms with Crippen LogP contribution in [0.4, 0.5) is 0 Å². The predicted molar refractivity (Wildman–Crippen MR) is 92.8 cm³/mol. The first-order valence-electron chi connectivity index (χ1n) is 7.22. The summed E-state index contributed by atoms with van der Waals surface area (Å²) in [6.07, 6.45) is 0.805. The van der Waals surface area contributed by atoms with E-state index in [-0.39, 0.29) is 12.5 Å². The van der Waals surface area contributed by atoms with Crippen LogP contribution < -0.4 is 19.6 Å². The van der Waals surface area contributed by atoms with Crippen molar-refractivity contribution in [2.45, 2.75) is 6.10 Å². The maximum atomic E-state index is 12.1. The monoisotopic (exact) mass is 390 g/mol. The van der Waals surface area contributed by atoms with Crippen LogP contribution in [0.5, 0.6) is 17.2 Å². The molecular formula is C17H15BrN2O4. The lowest BCUT2D eigenvalue weighted by atomic mass is 10.2. The summed E-state index contributed by atoms with van der Waals surface area (Å²) >= 11 is 3.40. The quantitative estimate of drug-likeness (QED) is 0.643. The number of amides is 1. The number of benzene rings is 2. The van der Waals surface area contributed by atoms with Gasteiger partial charge >= 0.3 is 0 Å². The Balaban J connectivity index is 1.59. The molecule has 124 valence electrons. The fourth-order valence-corrected chi connectivity index (χ4v) is 2.71. The van der Waals surface area contributed by atoms with Gasteiger partial charge in [0.2, 0.25) is 6.10 Å². The minimum Gasteiger partial charge on any atom is -0.496 e. The van der Waals surface area contributed by atoms with Crippen molar-refractivity contribution >= 4 is 28.1 Å². The summed E-state index contributed by atoms with van der Waals surface area (Å²) in [6, 6.07) is 12.7. The first-order valence-corrected chi connectivity index (χ1v) is 8.01. The Labute approximate surface area is 147 Å². The molecule has 2 aromatic rings. The van der Waals surface area contributed by atoms with Crippen LogP contribution in [-0.2, 0) is 4.79 Å². The summed E-state index contributed by atoms with van der Waals surface area (Å²) in [5.74, 6) is 1.54. The molecule has 0 fully saturated rings. The highest BCUT2D eigenvalue weighted by molar-refractivity contribution is 9.10. The lowest BCUT2D eigenvalue weighted by Gasteiger charge is -2.24. The first-order chi connectivity index (χ1) is 11.7. The Hall–Kier alpha value is -2.54. The van der Waals surface area contributed by atoms with Gasteiger partial charge in [0.25, 0.3) is 5.91 Å². The van der Waals surface area contributed by atoms with Gasteiger partial charge in [0.15, 0.2) is 11.5 Å². The molecule has 1 N–H and O–H groups in total. The standard InChI is InChI=1S/C17H15BrN2O4/c1-22-13-7-6-11(8-12(13)18)9-19-20-17(21)16-10-23-14-4-2-3-5-15(14)24-16/h2-9,16H,10H2,1H3,(H,20,21). The van der Waals surface area contributed by atoms with Gasteiger partial charge in [-0.3, -0.25) is 4.79 Å². The molecule has 0 saturated heterocycles. The fraction of sp³-hybridized carbons (Fsp3) is 0.176. The molecule has 1 atom stereocenters. The maximum Gasteiger partial charge on any atom is 0.284 e. The zero-order chi connectivity index (χ0) is 16.9. The number of para-hydroxylation sites is 2. The average Bonchev–Trinajstić information content (AvgIpc) is 2.61. The molecule has 0 bridgehead atoms. The molecule has 24 heavy (non-hydrogen) atoms. The molecular weight excluding hydrogens is 376 g/mol. The molecule has 0 spiro atoms. The third kappa shape index (κ3) is 3.68. The van der Waals surface area contributed by atoms with Crippen LogP contribution in [0.2, 0.25) is 0 Å². The van der Waals surface area contributed by atoms with Crippen LogP contribution in [0.25, 0.3) is 0 Å². The van der Waals surface area contributed by atoms with E-state index < -0.39 is 6.10 Å². The molecule has 0 aliphatic carbocycles. The number of hydrogen-bond acceptors (Lipinski definition) is 5. The molecule has 2 aromatic carbocycles. The van der Waals surface area contributed by atoms with E-state index >= 15 is 0 Å². The highest BCUT2D eigenvalue weighted by Gasteiger charge is 2.26. The second kappa shape index (κ2) is 7.35. The van der Waals surface area contributed by atoms with Crippen LogP contribution in [-0.4, -0.2) is 31.9 Å². The van der Waals surface area contributed by atoms with E-state index in [9.17, 15) is 4.79 Å². The second-order valence-electron chi connectivity index (χ2n) is 4.99. The summed E-state index contributed by atoms with van der Waals surface area (Å²) in [7, 11) is 1.60. The van der Waals surface area contributed by atoms with Gasteiger partial charge in [0, 0.05) is 0 Å². The van der Waals surface area contributed by atoms with Gasteiger partial charge in [-0.15, -0.1) is 0 Å². The van der Waals surface area contributed by atoms with E-state index in [4.69, 9.17) is 14.2 Å². The van der Waals surface area contributed by atoms with Crippen molar-refractivity contribution in [3.63, 3.8) is 0 Å². The summed E-state index contributed by atoms with van der Waals surface area (Å²) in [5, 5.41) is 3.95. The van der Waals surface area contributed by atoms with E-state index in [1.807, 2.05) is 30.3 Å². The molecule has 0 aromatic heterocycles. The normalized spacial score (nSPS) is 16.0. The minimum absolute atomic E-state index is 0.145. The molecule has 3 rings (SSSR count). The average molecular weight is 391 g/mol. The van der Waals surface area contributed by atoms with E-state index in [0.717, 1.165) is 15.8 Å². The molecule has 7 heteroatoms.